The van der Waals surface area contributed by atoms with Crippen molar-refractivity contribution >= 4 is 5.91 Å². The van der Waals surface area contributed by atoms with Crippen LogP contribution in [0.2, 0.25) is 0 Å². The maximum absolute atomic E-state index is 12.1. The smallest absolute Gasteiger partial charge is 0.252 e. The third-order valence-corrected chi connectivity index (χ3v) is 3.07. The van der Waals surface area contributed by atoms with Crippen LogP contribution < -0.4 is 11.1 Å². The molecule has 0 spiro atoms. The number of carbonyl (C=O) groups excluding carboxylic acids is 1. The monoisotopic (exact) mass is 258 g/mol. The zero-order valence-electron chi connectivity index (χ0n) is 10.8. The Bertz CT molecular complexity index is 496. The zero-order chi connectivity index (χ0) is 13.5. The molecule has 0 aromatic heterocycles. The Morgan fingerprint density at radius 3 is 3.05 bits per heavy atom. The van der Waals surface area contributed by atoms with Gasteiger partial charge in [0.05, 0.1) is 18.7 Å². The van der Waals surface area contributed by atoms with Crippen LogP contribution in [0, 0.1) is 17.8 Å². The fourth-order valence-electron chi connectivity index (χ4n) is 2.01. The summed E-state index contributed by atoms with van der Waals surface area (Å²) < 4.78 is 5.28. The molecule has 1 fully saturated rings. The van der Waals surface area contributed by atoms with E-state index in [9.17, 15) is 4.79 Å². The summed E-state index contributed by atoms with van der Waals surface area (Å²) in [5.41, 5.74) is 6.67. The lowest BCUT2D eigenvalue weighted by Crippen LogP contribution is -2.30. The summed E-state index contributed by atoms with van der Waals surface area (Å²) in [5, 5.41) is 2.94. The van der Waals surface area contributed by atoms with E-state index in [1.807, 2.05) is 18.2 Å². The molecule has 0 radical (unpaired) electrons. The number of ether oxygens (including phenoxy) is 1. The quantitative estimate of drug-likeness (QED) is 0.787. The summed E-state index contributed by atoms with van der Waals surface area (Å²) in [4.78, 5) is 12.1. The van der Waals surface area contributed by atoms with Gasteiger partial charge in [-0.3, -0.25) is 4.79 Å². The number of benzene rings is 1. The van der Waals surface area contributed by atoms with E-state index in [0.29, 0.717) is 23.6 Å². The lowest BCUT2D eigenvalue weighted by molar-refractivity contribution is 0.0945. The summed E-state index contributed by atoms with van der Waals surface area (Å²) in [6.45, 7) is 2.46. The number of carbonyl (C=O) groups is 1. The van der Waals surface area contributed by atoms with Gasteiger partial charge in [-0.05, 0) is 18.6 Å². The molecule has 1 aliphatic rings. The molecule has 3 N–H and O–H groups in total. The average Bonchev–Trinajstić information content (AvgIpc) is 2.96. The molecular weight excluding hydrogens is 240 g/mol. The standard InChI is InChI=1S/C15H18N2O2/c16-8-3-5-13-4-1-2-6-14(13)15(18)17-10-12-7-9-19-11-12/h1-2,4,6,12H,7-11,16H2,(H,17,18). The number of amides is 1. The highest BCUT2D eigenvalue weighted by molar-refractivity contribution is 5.96. The van der Waals surface area contributed by atoms with Crippen LogP contribution in [0.5, 0.6) is 0 Å². The Kier molecular flexibility index (Phi) is 4.96. The molecule has 100 valence electrons. The van der Waals surface area contributed by atoms with Crippen molar-refractivity contribution in [2.45, 2.75) is 6.42 Å². The van der Waals surface area contributed by atoms with Crippen molar-refractivity contribution in [1.29, 1.82) is 0 Å². The molecule has 1 aromatic carbocycles. The topological polar surface area (TPSA) is 64.4 Å². The van der Waals surface area contributed by atoms with Crippen molar-refractivity contribution in [3.8, 4) is 11.8 Å². The molecule has 1 aromatic rings. The Morgan fingerprint density at radius 2 is 2.32 bits per heavy atom. The second-order valence-corrected chi connectivity index (χ2v) is 4.49. The predicted molar refractivity (Wildman–Crippen MR) is 73.6 cm³/mol. The fourth-order valence-corrected chi connectivity index (χ4v) is 2.01. The molecule has 1 atom stereocenters. The molecule has 4 heteroatoms. The van der Waals surface area contributed by atoms with Crippen LogP contribution >= 0.6 is 0 Å². The second-order valence-electron chi connectivity index (χ2n) is 4.49. The number of nitrogens with one attached hydrogen (secondary N) is 1. The summed E-state index contributed by atoms with van der Waals surface area (Å²) >= 11 is 0. The molecule has 0 bridgehead atoms. The molecule has 19 heavy (non-hydrogen) atoms. The summed E-state index contributed by atoms with van der Waals surface area (Å²) in [7, 11) is 0. The zero-order valence-corrected chi connectivity index (χ0v) is 10.8. The van der Waals surface area contributed by atoms with Gasteiger partial charge in [0.1, 0.15) is 0 Å². The van der Waals surface area contributed by atoms with Gasteiger partial charge in [0.15, 0.2) is 0 Å². The minimum absolute atomic E-state index is 0.0891. The molecule has 2 rings (SSSR count). The van der Waals surface area contributed by atoms with E-state index in [4.69, 9.17) is 10.5 Å². The fraction of sp³-hybridized carbons (Fsp3) is 0.400. The molecule has 0 aliphatic carbocycles. The van der Waals surface area contributed by atoms with Gasteiger partial charge < -0.3 is 15.8 Å². The van der Waals surface area contributed by atoms with Gasteiger partial charge in [-0.2, -0.15) is 0 Å². The maximum Gasteiger partial charge on any atom is 0.252 e. The van der Waals surface area contributed by atoms with E-state index in [-0.39, 0.29) is 12.5 Å². The van der Waals surface area contributed by atoms with E-state index in [1.54, 1.807) is 6.07 Å². The first-order valence-electron chi connectivity index (χ1n) is 6.45. The first kappa shape index (κ1) is 13.6. The van der Waals surface area contributed by atoms with Gasteiger partial charge in [-0.15, -0.1) is 0 Å². The predicted octanol–water partition coefficient (Wildman–Crippen LogP) is 0.763. The number of hydrogen-bond donors (Lipinski definition) is 2. The summed E-state index contributed by atoms with van der Waals surface area (Å²) in [5.74, 6) is 6.03. The Morgan fingerprint density at radius 1 is 1.47 bits per heavy atom. The van der Waals surface area contributed by atoms with Crippen LogP contribution in [-0.2, 0) is 4.74 Å². The molecule has 1 heterocycles. The van der Waals surface area contributed by atoms with Crippen molar-refractivity contribution < 1.29 is 9.53 Å². The lowest BCUT2D eigenvalue weighted by atomic mass is 10.1. The average molecular weight is 258 g/mol. The van der Waals surface area contributed by atoms with Crippen molar-refractivity contribution in [3.63, 3.8) is 0 Å². The second kappa shape index (κ2) is 6.93. The molecule has 1 saturated heterocycles. The summed E-state index contributed by atoms with van der Waals surface area (Å²) in [6, 6.07) is 7.31. The minimum Gasteiger partial charge on any atom is -0.381 e. The van der Waals surface area contributed by atoms with E-state index in [2.05, 4.69) is 17.2 Å². The van der Waals surface area contributed by atoms with Gasteiger partial charge >= 0.3 is 0 Å². The first-order valence-corrected chi connectivity index (χ1v) is 6.45. The highest BCUT2D eigenvalue weighted by atomic mass is 16.5. The van der Waals surface area contributed by atoms with E-state index < -0.39 is 0 Å². The lowest BCUT2D eigenvalue weighted by Gasteiger charge is -2.10. The van der Waals surface area contributed by atoms with Crippen molar-refractivity contribution in [2.24, 2.45) is 11.7 Å². The van der Waals surface area contributed by atoms with Crippen molar-refractivity contribution in [1.82, 2.24) is 5.32 Å². The largest absolute Gasteiger partial charge is 0.381 e. The first-order chi connectivity index (χ1) is 9.31. The Labute approximate surface area is 113 Å². The van der Waals surface area contributed by atoms with Gasteiger partial charge in [-0.25, -0.2) is 0 Å². The van der Waals surface area contributed by atoms with Crippen LogP contribution in [0.25, 0.3) is 0 Å². The number of nitrogens with two attached hydrogens (primary N) is 1. The SMILES string of the molecule is NCC#Cc1ccccc1C(=O)NCC1CCOC1. The molecule has 1 unspecified atom stereocenters. The maximum atomic E-state index is 12.1. The third-order valence-electron chi connectivity index (χ3n) is 3.07. The molecule has 1 aliphatic heterocycles. The Hall–Kier alpha value is -1.83. The molecule has 1 amide bonds. The van der Waals surface area contributed by atoms with E-state index in [0.717, 1.165) is 19.6 Å². The van der Waals surface area contributed by atoms with Crippen LogP contribution in [0.4, 0.5) is 0 Å². The van der Waals surface area contributed by atoms with Crippen LogP contribution in [0.3, 0.4) is 0 Å². The van der Waals surface area contributed by atoms with Crippen LogP contribution in [-0.4, -0.2) is 32.2 Å². The van der Waals surface area contributed by atoms with Gasteiger partial charge in [0.25, 0.3) is 5.91 Å². The van der Waals surface area contributed by atoms with Gasteiger partial charge in [0.2, 0.25) is 0 Å². The van der Waals surface area contributed by atoms with Crippen LogP contribution in [0.15, 0.2) is 24.3 Å². The molecule has 4 nitrogen and oxygen atoms in total. The van der Waals surface area contributed by atoms with Gasteiger partial charge in [-0.1, -0.05) is 24.0 Å². The highest BCUT2D eigenvalue weighted by Gasteiger charge is 2.17. The Balaban J connectivity index is 2.01. The van der Waals surface area contributed by atoms with Gasteiger partial charge in [0, 0.05) is 24.6 Å². The molecular formula is C15H18N2O2. The number of rotatable bonds is 3. The minimum atomic E-state index is -0.0891. The highest BCUT2D eigenvalue weighted by Crippen LogP contribution is 2.12. The normalized spacial score (nSPS) is 17.6. The number of hydrogen-bond acceptors (Lipinski definition) is 3. The van der Waals surface area contributed by atoms with E-state index >= 15 is 0 Å². The molecule has 0 saturated carbocycles. The van der Waals surface area contributed by atoms with Crippen molar-refractivity contribution in [2.75, 3.05) is 26.3 Å². The van der Waals surface area contributed by atoms with Crippen molar-refractivity contribution in [3.05, 3.63) is 35.4 Å². The van der Waals surface area contributed by atoms with E-state index in [1.165, 1.54) is 0 Å². The third kappa shape index (κ3) is 3.82. The van der Waals surface area contributed by atoms with Crippen LogP contribution in [0.1, 0.15) is 22.3 Å². The summed E-state index contributed by atoms with van der Waals surface area (Å²) in [6.07, 6.45) is 1.01.